The summed E-state index contributed by atoms with van der Waals surface area (Å²) in [5, 5.41) is 6.37. The highest BCUT2D eigenvalue weighted by Gasteiger charge is 2.21. The monoisotopic (exact) mass is 310 g/mol. The van der Waals surface area contributed by atoms with Gasteiger partial charge in [0, 0.05) is 17.1 Å². The second-order valence-corrected chi connectivity index (χ2v) is 5.56. The van der Waals surface area contributed by atoms with E-state index in [1.165, 1.54) is 14.1 Å². The molecule has 0 saturated heterocycles. The summed E-state index contributed by atoms with van der Waals surface area (Å²) < 4.78 is 76.2. The van der Waals surface area contributed by atoms with Crippen LogP contribution in [0.15, 0.2) is 21.6 Å². The van der Waals surface area contributed by atoms with Crippen LogP contribution in [0.1, 0.15) is 6.85 Å². The van der Waals surface area contributed by atoms with Crippen LogP contribution in [0.25, 0.3) is 11.0 Å². The Labute approximate surface area is 124 Å². The first-order chi connectivity index (χ1) is 11.3. The van der Waals surface area contributed by atoms with E-state index in [9.17, 15) is 8.42 Å². The number of benzene rings is 1. The quantitative estimate of drug-likeness (QED) is 0.875. The lowest BCUT2D eigenvalue weighted by molar-refractivity contribution is 0.315. The zero-order valence-corrected chi connectivity index (χ0v) is 11.4. The fraction of sp³-hybridized carbons (Fsp3) is 0.400. The minimum Gasteiger partial charge on any atom is -0.308 e. The lowest BCUT2D eigenvalue weighted by Gasteiger charge is -2.11. The van der Waals surface area contributed by atoms with Gasteiger partial charge in [-0.1, -0.05) is 11.6 Å². The van der Waals surface area contributed by atoms with Gasteiger partial charge in [0.2, 0.25) is 10.0 Å². The van der Waals surface area contributed by atoms with Crippen LogP contribution in [-0.2, 0) is 10.0 Å². The van der Waals surface area contributed by atoms with Crippen LogP contribution in [0.4, 0.5) is 0 Å². The molecule has 0 spiro atoms. The number of rotatable bonds is 5. The summed E-state index contributed by atoms with van der Waals surface area (Å²) in [6, 6.07) is -1.57. The summed E-state index contributed by atoms with van der Waals surface area (Å²) in [5.74, 6) is 0. The van der Waals surface area contributed by atoms with Crippen molar-refractivity contribution in [3.8, 4) is 0 Å². The third-order valence-electron chi connectivity index (χ3n) is 1.94. The van der Waals surface area contributed by atoms with Gasteiger partial charge in [-0.25, -0.2) is 17.8 Å². The molecule has 0 bridgehead atoms. The summed E-state index contributed by atoms with van der Waals surface area (Å²) >= 11 is 5.82. The van der Waals surface area contributed by atoms with E-state index < -0.39 is 50.3 Å². The van der Waals surface area contributed by atoms with Crippen LogP contribution in [0.2, 0.25) is 6.43 Å². The Kier molecular flexibility index (Phi) is 2.32. The summed E-state index contributed by atoms with van der Waals surface area (Å²) in [4.78, 5) is 0.131. The first kappa shape index (κ1) is 8.15. The van der Waals surface area contributed by atoms with Gasteiger partial charge in [-0.3, -0.25) is 0 Å². The highest BCUT2D eigenvalue weighted by Crippen LogP contribution is 2.26. The number of sulfonamides is 1. The van der Waals surface area contributed by atoms with Gasteiger partial charge < -0.3 is 4.90 Å². The van der Waals surface area contributed by atoms with E-state index in [4.69, 9.17) is 19.9 Å². The molecule has 1 atom stereocenters. The average molecular weight is 311 g/mol. The molecule has 0 amide bonds. The summed E-state index contributed by atoms with van der Waals surface area (Å²) in [6.45, 7) is -4.71. The Bertz CT molecular complexity index is 921. The maximum atomic E-state index is 12.7. The maximum absolute atomic E-state index is 12.7. The molecular weight excluding hydrogens is 292 g/mol. The predicted octanol–water partition coefficient (Wildman–Crippen LogP) is 0.716. The van der Waals surface area contributed by atoms with Crippen molar-refractivity contribution in [3.63, 3.8) is 0 Å². The third-order valence-corrected chi connectivity index (χ3v) is 3.37. The van der Waals surface area contributed by atoms with Crippen molar-refractivity contribution < 1.29 is 21.3 Å². The number of hydrogen-bond donors (Lipinski definition) is 1. The third kappa shape index (κ3) is 3.03. The summed E-state index contributed by atoms with van der Waals surface area (Å²) in [5.41, 5.74) is -0.796. The number of halogens is 1. The minimum absolute atomic E-state index is 0.301. The molecule has 9 heteroatoms. The van der Waals surface area contributed by atoms with Crippen LogP contribution in [0.3, 0.4) is 0 Å². The van der Waals surface area contributed by atoms with Crippen molar-refractivity contribution in [2.24, 2.45) is 0 Å². The van der Waals surface area contributed by atoms with Crippen molar-refractivity contribution in [1.82, 2.24) is 19.9 Å². The average Bonchev–Trinajstić information content (AvgIpc) is 2.99. The number of nitrogens with one attached hydrogen (secondary N) is 1. The Hall–Kier alpha value is -1.22. The van der Waals surface area contributed by atoms with E-state index in [0.29, 0.717) is 0 Å². The fourth-order valence-corrected chi connectivity index (χ4v) is 2.16. The van der Waals surface area contributed by atoms with Crippen molar-refractivity contribution >= 4 is 32.7 Å². The molecule has 0 aliphatic heterocycles. The van der Waals surface area contributed by atoms with Crippen molar-refractivity contribution in [3.05, 3.63) is 17.1 Å². The highest BCUT2D eigenvalue weighted by atomic mass is 35.5. The second-order valence-electron chi connectivity index (χ2n) is 3.64. The molecule has 0 saturated carbocycles. The van der Waals surface area contributed by atoms with Crippen molar-refractivity contribution in [1.29, 1.82) is 0 Å². The Morgan fingerprint density at radius 1 is 1.53 bits per heavy atom. The molecule has 1 heterocycles. The van der Waals surface area contributed by atoms with Gasteiger partial charge in [-0.2, -0.15) is 0 Å². The maximum Gasteiger partial charge on any atom is 0.242 e. The molecule has 1 unspecified atom stereocenters. The lowest BCUT2D eigenvalue weighted by Crippen LogP contribution is -2.31. The molecule has 7 nitrogen and oxygen atoms in total. The van der Waals surface area contributed by atoms with E-state index >= 15 is 0 Å². The molecular formula is C10H13ClN4O3S. The van der Waals surface area contributed by atoms with E-state index in [-0.39, 0.29) is 10.5 Å². The summed E-state index contributed by atoms with van der Waals surface area (Å²) in [7, 11) is -2.31. The molecule has 104 valence electrons. The van der Waals surface area contributed by atoms with E-state index in [2.05, 4.69) is 14.9 Å². The first-order valence-corrected chi connectivity index (χ1v) is 6.70. The normalized spacial score (nSPS) is 19.6. The topological polar surface area (TPSA) is 88.3 Å². The van der Waals surface area contributed by atoms with Gasteiger partial charge in [-0.15, -0.1) is 0 Å². The van der Waals surface area contributed by atoms with E-state index in [1.54, 1.807) is 0 Å². The lowest BCUT2D eigenvalue weighted by atomic mass is 10.3. The molecule has 2 aromatic rings. The molecule has 1 N–H and O–H groups in total. The zero-order chi connectivity index (χ0) is 19.3. The van der Waals surface area contributed by atoms with Gasteiger partial charge in [0.1, 0.15) is 6.31 Å². The van der Waals surface area contributed by atoms with Crippen molar-refractivity contribution in [2.75, 3.05) is 27.1 Å². The van der Waals surface area contributed by atoms with Crippen LogP contribution >= 0.6 is 11.6 Å². The zero-order valence-electron chi connectivity index (χ0n) is 15.9. The molecule has 1 aromatic carbocycles. The van der Waals surface area contributed by atoms with Crippen LogP contribution in [0.5, 0.6) is 0 Å². The molecule has 0 fully saturated rings. The smallest absolute Gasteiger partial charge is 0.242 e. The van der Waals surface area contributed by atoms with E-state index in [1.807, 2.05) is 0 Å². The molecule has 19 heavy (non-hydrogen) atoms. The Morgan fingerprint density at radius 2 is 2.21 bits per heavy atom. The molecule has 0 aliphatic carbocycles. The number of likely N-dealkylation sites (N-methyl/N-ethyl adjacent to an activating group) is 1. The SMILES string of the molecule is [2H]c1c([2H])c(S(=O)(=O)N([2H])C([2H])([2H])C([2H])N(C)C)c2nonc2c1Cl. The van der Waals surface area contributed by atoms with Gasteiger partial charge in [-0.05, 0) is 36.5 Å². The van der Waals surface area contributed by atoms with Crippen LogP contribution in [-0.4, -0.2) is 50.7 Å². The van der Waals surface area contributed by atoms with Gasteiger partial charge >= 0.3 is 0 Å². The number of aromatic nitrogens is 2. The fourth-order valence-electron chi connectivity index (χ4n) is 1.15. The minimum atomic E-state index is -4.99. The highest BCUT2D eigenvalue weighted by molar-refractivity contribution is 7.89. The van der Waals surface area contributed by atoms with Gasteiger partial charge in [0.05, 0.1) is 7.76 Å². The standard InChI is InChI=1S/C10H13ClN4O3S/c1-15(2)6-5-12-19(16,17)8-4-3-7(11)9-10(8)14-18-13-9/h3-4,12H,5-6H2,1-2H3/i3D,4D,5D2,6D/hD. The van der Waals surface area contributed by atoms with E-state index in [0.717, 1.165) is 4.90 Å². The predicted molar refractivity (Wildman–Crippen MR) is 70.6 cm³/mol. The first-order valence-electron chi connectivity index (χ1n) is 7.91. The molecule has 2 rings (SSSR count). The van der Waals surface area contributed by atoms with Gasteiger partial charge in [0.15, 0.2) is 11.0 Å². The number of nitrogens with zero attached hydrogens (tertiary/aromatic N) is 3. The number of hydrogen-bond acceptors (Lipinski definition) is 6. The molecule has 0 aliphatic rings. The largest absolute Gasteiger partial charge is 0.308 e. The summed E-state index contributed by atoms with van der Waals surface area (Å²) in [6.07, 6.45) is 0. The molecule has 0 radical (unpaired) electrons. The second kappa shape index (κ2) is 5.41. The van der Waals surface area contributed by atoms with Crippen molar-refractivity contribution in [2.45, 2.75) is 4.90 Å². The number of fused-ring (bicyclic) bond motifs is 1. The Balaban J connectivity index is 2.73. The van der Waals surface area contributed by atoms with Crippen LogP contribution in [0, 0.1) is 0 Å². The van der Waals surface area contributed by atoms with Gasteiger partial charge in [0.25, 0.3) is 0 Å². The van der Waals surface area contributed by atoms with Crippen LogP contribution < -0.4 is 4.72 Å². The Morgan fingerprint density at radius 3 is 2.89 bits per heavy atom. The molecule has 1 aromatic heterocycles.